The molecule has 19 heavy (non-hydrogen) atoms. The maximum absolute atomic E-state index is 5.86. The fourth-order valence-corrected chi connectivity index (χ4v) is 2.13. The number of nitrogens with two attached hydrogens (primary N) is 1. The highest BCUT2D eigenvalue weighted by Gasteiger charge is 2.19. The van der Waals surface area contributed by atoms with Gasteiger partial charge in [0.15, 0.2) is 11.5 Å². The van der Waals surface area contributed by atoms with E-state index in [1.54, 1.807) is 18.9 Å². The molecule has 0 amide bonds. The fraction of sp³-hybridized carbons (Fsp3) is 0.357. The number of ether oxygens (including phenoxy) is 2. The Balaban J connectivity index is 2.76. The van der Waals surface area contributed by atoms with Crippen LogP contribution in [0.15, 0.2) is 12.1 Å². The first kappa shape index (κ1) is 13.3. The molecule has 5 heteroatoms. The van der Waals surface area contributed by atoms with Gasteiger partial charge in [0, 0.05) is 13.1 Å². The molecule has 1 heterocycles. The third-order valence-corrected chi connectivity index (χ3v) is 3.36. The lowest BCUT2D eigenvalue weighted by atomic mass is 9.99. The molecule has 0 spiro atoms. The molecule has 0 aliphatic heterocycles. The number of methoxy groups -OCH3 is 2. The van der Waals surface area contributed by atoms with E-state index in [-0.39, 0.29) is 0 Å². The van der Waals surface area contributed by atoms with Crippen LogP contribution in [0.3, 0.4) is 0 Å². The van der Waals surface area contributed by atoms with Gasteiger partial charge in [-0.2, -0.15) is 5.10 Å². The van der Waals surface area contributed by atoms with E-state index in [2.05, 4.69) is 5.10 Å². The molecule has 2 rings (SSSR count). The second-order valence-corrected chi connectivity index (χ2v) is 4.51. The van der Waals surface area contributed by atoms with E-state index < -0.39 is 0 Å². The predicted molar refractivity (Wildman–Crippen MR) is 75.6 cm³/mol. The summed E-state index contributed by atoms with van der Waals surface area (Å²) in [7, 11) is 5.07. The summed E-state index contributed by atoms with van der Waals surface area (Å²) >= 11 is 0. The Morgan fingerprint density at radius 1 is 1.16 bits per heavy atom. The molecular formula is C14H19N3O2. The molecular weight excluding hydrogens is 242 g/mol. The van der Waals surface area contributed by atoms with Crippen molar-refractivity contribution in [3.63, 3.8) is 0 Å². The van der Waals surface area contributed by atoms with Gasteiger partial charge in [-0.3, -0.25) is 4.68 Å². The molecule has 2 aromatic rings. The molecule has 0 saturated carbocycles. The van der Waals surface area contributed by atoms with Crippen LogP contribution < -0.4 is 15.2 Å². The summed E-state index contributed by atoms with van der Waals surface area (Å²) in [6.07, 6.45) is 0. The smallest absolute Gasteiger partial charge is 0.170 e. The van der Waals surface area contributed by atoms with Crippen LogP contribution in [-0.2, 0) is 7.05 Å². The lowest BCUT2D eigenvalue weighted by molar-refractivity contribution is 0.355. The van der Waals surface area contributed by atoms with Crippen molar-refractivity contribution >= 4 is 5.82 Å². The highest BCUT2D eigenvalue weighted by atomic mass is 16.5. The van der Waals surface area contributed by atoms with E-state index in [1.165, 1.54) is 0 Å². The fourth-order valence-electron chi connectivity index (χ4n) is 2.13. The normalized spacial score (nSPS) is 10.6. The first-order chi connectivity index (χ1) is 8.99. The lowest BCUT2D eigenvalue weighted by Gasteiger charge is -2.16. The van der Waals surface area contributed by atoms with Gasteiger partial charge in [0.05, 0.1) is 25.5 Å². The summed E-state index contributed by atoms with van der Waals surface area (Å²) in [5.41, 5.74) is 9.80. The van der Waals surface area contributed by atoms with E-state index >= 15 is 0 Å². The van der Waals surface area contributed by atoms with Gasteiger partial charge < -0.3 is 15.2 Å². The number of nitrogens with zero attached hydrogens (tertiary/aromatic N) is 2. The number of hydrogen-bond donors (Lipinski definition) is 1. The van der Waals surface area contributed by atoms with Crippen molar-refractivity contribution < 1.29 is 9.47 Å². The molecule has 0 radical (unpaired) electrons. The molecule has 0 unspecified atom stereocenters. The topological polar surface area (TPSA) is 62.3 Å². The van der Waals surface area contributed by atoms with Gasteiger partial charge in [-0.15, -0.1) is 0 Å². The van der Waals surface area contributed by atoms with Crippen molar-refractivity contribution in [1.82, 2.24) is 9.78 Å². The minimum absolute atomic E-state index is 0.608. The molecule has 2 N–H and O–H groups in total. The van der Waals surface area contributed by atoms with E-state index in [4.69, 9.17) is 15.2 Å². The summed E-state index contributed by atoms with van der Waals surface area (Å²) in [5.74, 6) is 1.99. The van der Waals surface area contributed by atoms with Crippen LogP contribution in [0.1, 0.15) is 11.1 Å². The van der Waals surface area contributed by atoms with E-state index in [0.717, 1.165) is 22.4 Å². The molecule has 0 saturated heterocycles. The predicted octanol–water partition coefficient (Wildman–Crippen LogP) is 2.30. The summed E-state index contributed by atoms with van der Waals surface area (Å²) in [6, 6.07) is 3.80. The van der Waals surface area contributed by atoms with E-state index in [9.17, 15) is 0 Å². The van der Waals surface area contributed by atoms with Crippen molar-refractivity contribution in [2.24, 2.45) is 7.05 Å². The van der Waals surface area contributed by atoms with Crippen molar-refractivity contribution in [1.29, 1.82) is 0 Å². The van der Waals surface area contributed by atoms with E-state index in [0.29, 0.717) is 17.3 Å². The largest absolute Gasteiger partial charge is 0.493 e. The van der Waals surface area contributed by atoms with Crippen molar-refractivity contribution in [3.05, 3.63) is 23.3 Å². The van der Waals surface area contributed by atoms with Gasteiger partial charge in [-0.25, -0.2) is 0 Å². The first-order valence-corrected chi connectivity index (χ1v) is 6.01. The van der Waals surface area contributed by atoms with Crippen molar-refractivity contribution in [2.75, 3.05) is 20.0 Å². The monoisotopic (exact) mass is 261 g/mol. The van der Waals surface area contributed by atoms with Gasteiger partial charge in [0.2, 0.25) is 0 Å². The highest BCUT2D eigenvalue weighted by Crippen LogP contribution is 2.41. The molecule has 0 aliphatic carbocycles. The zero-order chi connectivity index (χ0) is 14.2. The molecule has 1 aromatic carbocycles. The molecule has 0 bridgehead atoms. The Kier molecular flexibility index (Phi) is 3.38. The van der Waals surface area contributed by atoms with Gasteiger partial charge in [-0.1, -0.05) is 0 Å². The second-order valence-electron chi connectivity index (χ2n) is 4.51. The standard InChI is InChI=1S/C14H19N3O2/c1-8-6-11(18-4)14(19-5)13(9(8)2)10-7-12(15)17(3)16-10/h6-7H,15H2,1-5H3. The van der Waals surface area contributed by atoms with Gasteiger partial charge >= 0.3 is 0 Å². The Labute approximate surface area is 112 Å². The van der Waals surface area contributed by atoms with Crippen LogP contribution >= 0.6 is 0 Å². The van der Waals surface area contributed by atoms with Crippen LogP contribution in [-0.4, -0.2) is 24.0 Å². The molecule has 1 aromatic heterocycles. The van der Waals surface area contributed by atoms with Gasteiger partial charge in [0.1, 0.15) is 5.82 Å². The summed E-state index contributed by atoms with van der Waals surface area (Å²) in [6.45, 7) is 4.07. The Hall–Kier alpha value is -2.17. The van der Waals surface area contributed by atoms with Crippen LogP contribution in [0, 0.1) is 13.8 Å². The Morgan fingerprint density at radius 2 is 1.84 bits per heavy atom. The number of hydrogen-bond acceptors (Lipinski definition) is 4. The zero-order valence-electron chi connectivity index (χ0n) is 11.9. The molecule has 0 fully saturated rings. The number of aryl methyl sites for hydroxylation is 2. The molecule has 5 nitrogen and oxygen atoms in total. The van der Waals surface area contributed by atoms with Crippen LogP contribution in [0.5, 0.6) is 11.5 Å². The maximum atomic E-state index is 5.86. The zero-order valence-corrected chi connectivity index (χ0v) is 11.9. The van der Waals surface area contributed by atoms with Gasteiger partial charge in [-0.05, 0) is 31.0 Å². The van der Waals surface area contributed by atoms with Crippen LogP contribution in [0.25, 0.3) is 11.3 Å². The second kappa shape index (κ2) is 4.84. The average Bonchev–Trinajstić information content (AvgIpc) is 2.71. The highest BCUT2D eigenvalue weighted by molar-refractivity contribution is 5.77. The third-order valence-electron chi connectivity index (χ3n) is 3.36. The number of benzene rings is 1. The minimum Gasteiger partial charge on any atom is -0.493 e. The SMILES string of the molecule is COc1cc(C)c(C)c(-c2cc(N)n(C)n2)c1OC. The van der Waals surface area contributed by atoms with Crippen LogP contribution in [0.2, 0.25) is 0 Å². The average molecular weight is 261 g/mol. The Bertz CT molecular complexity index is 598. The summed E-state index contributed by atoms with van der Waals surface area (Å²) in [5, 5.41) is 4.42. The molecule has 102 valence electrons. The maximum Gasteiger partial charge on any atom is 0.170 e. The first-order valence-electron chi connectivity index (χ1n) is 6.01. The minimum atomic E-state index is 0.608. The summed E-state index contributed by atoms with van der Waals surface area (Å²) < 4.78 is 12.5. The molecule has 0 aliphatic rings. The number of nitrogen functional groups attached to an aromatic ring is 1. The number of rotatable bonds is 3. The quantitative estimate of drug-likeness (QED) is 0.921. The van der Waals surface area contributed by atoms with Crippen LogP contribution in [0.4, 0.5) is 5.82 Å². The summed E-state index contributed by atoms with van der Waals surface area (Å²) in [4.78, 5) is 0. The van der Waals surface area contributed by atoms with Gasteiger partial charge in [0.25, 0.3) is 0 Å². The van der Waals surface area contributed by atoms with E-state index in [1.807, 2.05) is 33.0 Å². The molecule has 0 atom stereocenters. The lowest BCUT2D eigenvalue weighted by Crippen LogP contribution is -1.99. The van der Waals surface area contributed by atoms with Crippen molar-refractivity contribution in [3.8, 4) is 22.8 Å². The third kappa shape index (κ3) is 2.12. The number of aromatic nitrogens is 2. The number of anilines is 1. The Morgan fingerprint density at radius 3 is 2.32 bits per heavy atom. The van der Waals surface area contributed by atoms with Crippen molar-refractivity contribution in [2.45, 2.75) is 13.8 Å².